The molecule has 0 spiro atoms. The molecule has 2 heterocycles. The fraction of sp³-hybridized carbons (Fsp3) is 0.625. The standard InChI is InChI=1S/C16H21F3N2/c17-14-5-6-15(18)16(19)13(14)11-20-7-3-4-12(10-20)21-8-1-2-9-21/h5-6,12H,1-4,7-11H2. The highest BCUT2D eigenvalue weighted by Crippen LogP contribution is 2.23. The molecule has 2 aliphatic heterocycles. The van der Waals surface area contributed by atoms with Crippen molar-refractivity contribution in [3.05, 3.63) is 35.1 Å². The van der Waals surface area contributed by atoms with Crippen molar-refractivity contribution in [2.24, 2.45) is 0 Å². The molecule has 116 valence electrons. The van der Waals surface area contributed by atoms with Crippen LogP contribution in [-0.2, 0) is 6.54 Å². The Bertz CT molecular complexity index is 501. The lowest BCUT2D eigenvalue weighted by atomic mass is 10.0. The Hall–Kier alpha value is -1.07. The average Bonchev–Trinajstić information content (AvgIpc) is 3.02. The van der Waals surface area contributed by atoms with E-state index in [1.807, 2.05) is 4.90 Å². The third-order valence-corrected chi connectivity index (χ3v) is 4.66. The summed E-state index contributed by atoms with van der Waals surface area (Å²) in [7, 11) is 0. The molecule has 3 rings (SSSR count). The molecule has 2 fully saturated rings. The molecule has 0 radical (unpaired) electrons. The predicted molar refractivity (Wildman–Crippen MR) is 75.4 cm³/mol. The summed E-state index contributed by atoms with van der Waals surface area (Å²) in [4.78, 5) is 4.53. The number of benzene rings is 1. The molecule has 5 heteroatoms. The van der Waals surface area contributed by atoms with Gasteiger partial charge in [0.25, 0.3) is 0 Å². The van der Waals surface area contributed by atoms with Crippen LogP contribution in [0.3, 0.4) is 0 Å². The molecule has 2 aliphatic rings. The van der Waals surface area contributed by atoms with Crippen LogP contribution in [0.4, 0.5) is 13.2 Å². The third-order valence-electron chi connectivity index (χ3n) is 4.66. The molecular weight excluding hydrogens is 277 g/mol. The van der Waals surface area contributed by atoms with Crippen molar-refractivity contribution in [3.63, 3.8) is 0 Å². The molecule has 0 saturated carbocycles. The number of likely N-dealkylation sites (tertiary alicyclic amines) is 2. The molecule has 1 unspecified atom stereocenters. The number of piperidine rings is 1. The van der Waals surface area contributed by atoms with Gasteiger partial charge in [0.05, 0.1) is 0 Å². The van der Waals surface area contributed by atoms with Gasteiger partial charge in [-0.25, -0.2) is 13.2 Å². The fourth-order valence-corrected chi connectivity index (χ4v) is 3.52. The van der Waals surface area contributed by atoms with Crippen LogP contribution in [-0.4, -0.2) is 42.0 Å². The van der Waals surface area contributed by atoms with E-state index in [1.165, 1.54) is 12.8 Å². The summed E-state index contributed by atoms with van der Waals surface area (Å²) in [5.41, 5.74) is -0.142. The first-order chi connectivity index (χ1) is 10.1. The van der Waals surface area contributed by atoms with Gasteiger partial charge >= 0.3 is 0 Å². The number of nitrogens with zero attached hydrogens (tertiary/aromatic N) is 2. The van der Waals surface area contributed by atoms with E-state index in [0.29, 0.717) is 6.04 Å². The van der Waals surface area contributed by atoms with Crippen molar-refractivity contribution >= 4 is 0 Å². The first-order valence-electron chi connectivity index (χ1n) is 7.74. The number of rotatable bonds is 3. The van der Waals surface area contributed by atoms with Crippen LogP contribution in [0.1, 0.15) is 31.2 Å². The Kier molecular flexibility index (Phi) is 4.50. The van der Waals surface area contributed by atoms with E-state index in [-0.39, 0.29) is 12.1 Å². The van der Waals surface area contributed by atoms with E-state index in [4.69, 9.17) is 0 Å². The molecule has 1 aromatic carbocycles. The highest BCUT2D eigenvalue weighted by Gasteiger charge is 2.28. The molecule has 0 aliphatic carbocycles. The van der Waals surface area contributed by atoms with E-state index in [2.05, 4.69) is 4.90 Å². The van der Waals surface area contributed by atoms with Crippen molar-refractivity contribution in [2.45, 2.75) is 38.3 Å². The van der Waals surface area contributed by atoms with Gasteiger partial charge in [-0.2, -0.15) is 0 Å². The van der Waals surface area contributed by atoms with Crippen LogP contribution in [0.25, 0.3) is 0 Å². The lowest BCUT2D eigenvalue weighted by molar-refractivity contribution is 0.108. The molecule has 0 aromatic heterocycles. The molecule has 2 saturated heterocycles. The zero-order valence-corrected chi connectivity index (χ0v) is 12.1. The second kappa shape index (κ2) is 6.36. The summed E-state index contributed by atoms with van der Waals surface area (Å²) in [6.07, 6.45) is 4.65. The summed E-state index contributed by atoms with van der Waals surface area (Å²) < 4.78 is 40.8. The number of hydrogen-bond acceptors (Lipinski definition) is 2. The fourth-order valence-electron chi connectivity index (χ4n) is 3.52. The molecule has 0 amide bonds. The van der Waals surface area contributed by atoms with Gasteiger partial charge in [-0.05, 0) is 57.5 Å². The van der Waals surface area contributed by atoms with Gasteiger partial charge in [0, 0.05) is 24.7 Å². The van der Waals surface area contributed by atoms with Gasteiger partial charge in [-0.3, -0.25) is 9.80 Å². The zero-order chi connectivity index (χ0) is 14.8. The van der Waals surface area contributed by atoms with Crippen molar-refractivity contribution in [2.75, 3.05) is 26.2 Å². The lowest BCUT2D eigenvalue weighted by Crippen LogP contribution is -2.46. The maximum absolute atomic E-state index is 13.8. The van der Waals surface area contributed by atoms with Crippen LogP contribution >= 0.6 is 0 Å². The normalized spacial score (nSPS) is 24.6. The molecule has 0 bridgehead atoms. The third kappa shape index (κ3) is 3.24. The molecule has 1 aromatic rings. The molecular formula is C16H21F3N2. The Morgan fingerprint density at radius 1 is 0.952 bits per heavy atom. The molecule has 2 nitrogen and oxygen atoms in total. The highest BCUT2D eigenvalue weighted by atomic mass is 19.2. The maximum atomic E-state index is 13.8. The zero-order valence-electron chi connectivity index (χ0n) is 12.1. The first kappa shape index (κ1) is 14.9. The second-order valence-electron chi connectivity index (χ2n) is 6.10. The van der Waals surface area contributed by atoms with E-state index < -0.39 is 17.5 Å². The molecule has 1 atom stereocenters. The van der Waals surface area contributed by atoms with Crippen LogP contribution in [0.15, 0.2) is 12.1 Å². The Labute approximate surface area is 123 Å². The van der Waals surface area contributed by atoms with Gasteiger partial charge in [0.2, 0.25) is 0 Å². The van der Waals surface area contributed by atoms with Gasteiger partial charge in [-0.15, -0.1) is 0 Å². The summed E-state index contributed by atoms with van der Waals surface area (Å²) in [6.45, 7) is 4.04. The lowest BCUT2D eigenvalue weighted by Gasteiger charge is -2.37. The summed E-state index contributed by atoms with van der Waals surface area (Å²) in [5.74, 6) is -2.67. The van der Waals surface area contributed by atoms with E-state index in [1.54, 1.807) is 0 Å². The minimum atomic E-state index is -1.04. The monoisotopic (exact) mass is 298 g/mol. The van der Waals surface area contributed by atoms with Crippen molar-refractivity contribution < 1.29 is 13.2 Å². The Balaban J connectivity index is 1.68. The number of halogens is 3. The summed E-state index contributed by atoms with van der Waals surface area (Å²) in [6, 6.07) is 2.33. The van der Waals surface area contributed by atoms with Gasteiger partial charge in [-0.1, -0.05) is 0 Å². The van der Waals surface area contributed by atoms with Crippen LogP contribution in [0.2, 0.25) is 0 Å². The second-order valence-corrected chi connectivity index (χ2v) is 6.10. The molecule has 0 N–H and O–H groups in total. The summed E-state index contributed by atoms with van der Waals surface area (Å²) in [5, 5.41) is 0. The van der Waals surface area contributed by atoms with Crippen LogP contribution < -0.4 is 0 Å². The van der Waals surface area contributed by atoms with E-state index in [9.17, 15) is 13.2 Å². The van der Waals surface area contributed by atoms with Crippen molar-refractivity contribution in [1.29, 1.82) is 0 Å². The smallest absolute Gasteiger partial charge is 0.166 e. The van der Waals surface area contributed by atoms with Gasteiger partial charge in [0.15, 0.2) is 11.6 Å². The first-order valence-corrected chi connectivity index (χ1v) is 7.74. The SMILES string of the molecule is Fc1ccc(F)c(CN2CCCC(N3CCCC3)C2)c1F. The van der Waals surface area contributed by atoms with E-state index >= 15 is 0 Å². The number of hydrogen-bond donors (Lipinski definition) is 0. The van der Waals surface area contributed by atoms with Crippen LogP contribution in [0, 0.1) is 17.5 Å². The topological polar surface area (TPSA) is 6.48 Å². The average molecular weight is 298 g/mol. The molecule has 21 heavy (non-hydrogen) atoms. The van der Waals surface area contributed by atoms with Gasteiger partial charge in [0.1, 0.15) is 5.82 Å². The minimum Gasteiger partial charge on any atom is -0.299 e. The van der Waals surface area contributed by atoms with E-state index in [0.717, 1.165) is 51.2 Å². The maximum Gasteiger partial charge on any atom is 0.166 e. The Morgan fingerprint density at radius 2 is 1.67 bits per heavy atom. The quantitative estimate of drug-likeness (QED) is 0.791. The Morgan fingerprint density at radius 3 is 2.43 bits per heavy atom. The largest absolute Gasteiger partial charge is 0.299 e. The van der Waals surface area contributed by atoms with Gasteiger partial charge < -0.3 is 0 Å². The van der Waals surface area contributed by atoms with Crippen molar-refractivity contribution in [3.8, 4) is 0 Å². The predicted octanol–water partition coefficient (Wildman–Crippen LogP) is 3.16. The highest BCUT2D eigenvalue weighted by molar-refractivity contribution is 5.21. The van der Waals surface area contributed by atoms with Crippen LogP contribution in [0.5, 0.6) is 0 Å². The van der Waals surface area contributed by atoms with Crippen molar-refractivity contribution in [1.82, 2.24) is 9.80 Å². The minimum absolute atomic E-state index is 0.142. The summed E-state index contributed by atoms with van der Waals surface area (Å²) >= 11 is 0.